The number of carbonyl (C=O) groups is 3. The van der Waals surface area contributed by atoms with Crippen molar-refractivity contribution in [3.63, 3.8) is 0 Å². The summed E-state index contributed by atoms with van der Waals surface area (Å²) < 4.78 is 10.2. The Morgan fingerprint density at radius 1 is 0.889 bits per heavy atom. The van der Waals surface area contributed by atoms with E-state index < -0.39 is 30.5 Å². The molecule has 0 saturated carbocycles. The van der Waals surface area contributed by atoms with Crippen molar-refractivity contribution in [3.8, 4) is 0 Å². The van der Waals surface area contributed by atoms with E-state index in [1.54, 1.807) is 48.5 Å². The number of likely N-dealkylation sites (N-methyl/N-ethyl adjacent to an activating group) is 1. The van der Waals surface area contributed by atoms with E-state index in [2.05, 4.69) is 0 Å². The van der Waals surface area contributed by atoms with E-state index >= 15 is 0 Å². The zero-order valence-corrected chi connectivity index (χ0v) is 14.9. The molecule has 1 N–H and O–H groups in total. The molecule has 1 amide bonds. The Balaban J connectivity index is 1.87. The summed E-state index contributed by atoms with van der Waals surface area (Å²) in [7, 11) is 1.27. The lowest BCUT2D eigenvalue weighted by Crippen LogP contribution is -2.44. The van der Waals surface area contributed by atoms with E-state index in [9.17, 15) is 19.5 Å². The van der Waals surface area contributed by atoms with Crippen LogP contribution in [0.25, 0.3) is 0 Å². The van der Waals surface area contributed by atoms with Crippen LogP contribution in [0.5, 0.6) is 0 Å². The first-order valence-electron chi connectivity index (χ1n) is 8.33. The number of esters is 1. The van der Waals surface area contributed by atoms with Gasteiger partial charge in [-0.15, -0.1) is 0 Å². The van der Waals surface area contributed by atoms with Crippen molar-refractivity contribution in [1.82, 2.24) is 4.90 Å². The highest BCUT2D eigenvalue weighted by atomic mass is 16.6. The van der Waals surface area contributed by atoms with E-state index in [1.165, 1.54) is 7.05 Å². The molecule has 1 atom stereocenters. The fourth-order valence-electron chi connectivity index (χ4n) is 2.29. The van der Waals surface area contributed by atoms with Crippen LogP contribution in [0.15, 0.2) is 60.7 Å². The van der Waals surface area contributed by atoms with Crippen molar-refractivity contribution in [3.05, 3.63) is 71.8 Å². The second-order valence-electron chi connectivity index (χ2n) is 5.86. The molecule has 2 aromatic carbocycles. The summed E-state index contributed by atoms with van der Waals surface area (Å²) >= 11 is 0. The summed E-state index contributed by atoms with van der Waals surface area (Å²) in [6, 6.07) is 16.6. The van der Waals surface area contributed by atoms with Gasteiger partial charge in [0.15, 0.2) is 0 Å². The zero-order valence-electron chi connectivity index (χ0n) is 14.9. The van der Waals surface area contributed by atoms with E-state index in [4.69, 9.17) is 9.47 Å². The normalized spacial score (nSPS) is 11.3. The number of rotatable bonds is 8. The molecule has 2 aromatic rings. The van der Waals surface area contributed by atoms with Gasteiger partial charge in [0.25, 0.3) is 0 Å². The fourth-order valence-corrected chi connectivity index (χ4v) is 2.29. The minimum absolute atomic E-state index is 0.00874. The second-order valence-corrected chi connectivity index (χ2v) is 5.86. The molecule has 0 bridgehead atoms. The molecule has 0 fully saturated rings. The van der Waals surface area contributed by atoms with Crippen molar-refractivity contribution >= 4 is 18.0 Å². The van der Waals surface area contributed by atoms with Crippen molar-refractivity contribution in [2.24, 2.45) is 0 Å². The van der Waals surface area contributed by atoms with Crippen LogP contribution in [0.4, 0.5) is 4.79 Å². The number of benzene rings is 2. The predicted molar refractivity (Wildman–Crippen MR) is 96.7 cm³/mol. The monoisotopic (exact) mass is 371 g/mol. The minimum atomic E-state index is -1.38. The topological polar surface area (TPSA) is 93.1 Å². The molecular weight excluding hydrogens is 350 g/mol. The van der Waals surface area contributed by atoms with Gasteiger partial charge in [0.2, 0.25) is 0 Å². The summed E-state index contributed by atoms with van der Waals surface area (Å²) in [4.78, 5) is 36.4. The van der Waals surface area contributed by atoms with E-state index in [-0.39, 0.29) is 13.2 Å². The van der Waals surface area contributed by atoms with Gasteiger partial charge in [-0.05, 0) is 11.1 Å². The Morgan fingerprint density at radius 3 is 1.85 bits per heavy atom. The number of nitrogens with zero attached hydrogens (tertiary/aromatic N) is 1. The summed E-state index contributed by atoms with van der Waals surface area (Å²) in [5.74, 6) is -2.03. The van der Waals surface area contributed by atoms with Gasteiger partial charge in [0.1, 0.15) is 19.3 Å². The lowest BCUT2D eigenvalue weighted by Gasteiger charge is -2.23. The van der Waals surface area contributed by atoms with E-state index in [0.29, 0.717) is 0 Å². The van der Waals surface area contributed by atoms with Crippen LogP contribution in [0.1, 0.15) is 17.5 Å². The molecule has 1 unspecified atom stereocenters. The molecule has 0 spiro atoms. The first-order valence-corrected chi connectivity index (χ1v) is 8.33. The molecule has 7 nitrogen and oxygen atoms in total. The summed E-state index contributed by atoms with van der Waals surface area (Å²) in [6.45, 7) is 0.0446. The van der Waals surface area contributed by atoms with Crippen LogP contribution in [-0.2, 0) is 32.3 Å². The standard InChI is InChI=1S/C20H21NO6/c1-21(20(25)27-14-16-10-6-3-7-11-16)17(19(23)24)12-18(22)26-13-15-8-4-2-5-9-15/h2-11,17H,12-14H2,1H3,(H,23,24). The Kier molecular flexibility index (Phi) is 7.37. The maximum atomic E-state index is 12.1. The lowest BCUT2D eigenvalue weighted by molar-refractivity contribution is -0.152. The van der Waals surface area contributed by atoms with Crippen molar-refractivity contribution in [2.45, 2.75) is 25.7 Å². The molecule has 0 aliphatic rings. The van der Waals surface area contributed by atoms with Crippen LogP contribution in [0, 0.1) is 0 Å². The van der Waals surface area contributed by atoms with Gasteiger partial charge in [-0.1, -0.05) is 60.7 Å². The molecule has 0 aromatic heterocycles. The third-order valence-corrected chi connectivity index (χ3v) is 3.85. The molecule has 0 radical (unpaired) electrons. The second kappa shape index (κ2) is 9.96. The number of hydrogen-bond acceptors (Lipinski definition) is 5. The first-order chi connectivity index (χ1) is 13.0. The highest BCUT2D eigenvalue weighted by molar-refractivity contribution is 5.85. The number of hydrogen-bond donors (Lipinski definition) is 1. The molecule has 0 saturated heterocycles. The minimum Gasteiger partial charge on any atom is -0.480 e. The average Bonchev–Trinajstić information content (AvgIpc) is 2.69. The van der Waals surface area contributed by atoms with Crippen LogP contribution in [-0.4, -0.2) is 41.1 Å². The number of carbonyl (C=O) groups excluding carboxylic acids is 2. The zero-order chi connectivity index (χ0) is 19.6. The first kappa shape index (κ1) is 20.0. The number of carboxylic acid groups (broad SMARTS) is 1. The van der Waals surface area contributed by atoms with Crippen LogP contribution in [0.2, 0.25) is 0 Å². The maximum Gasteiger partial charge on any atom is 0.410 e. The Bertz CT molecular complexity index is 763. The van der Waals surface area contributed by atoms with Gasteiger partial charge in [-0.3, -0.25) is 9.69 Å². The number of ether oxygens (including phenoxy) is 2. The number of carboxylic acids is 1. The maximum absolute atomic E-state index is 12.1. The predicted octanol–water partition coefficient (Wildman–Crippen LogP) is 2.84. The largest absolute Gasteiger partial charge is 0.480 e. The third-order valence-electron chi connectivity index (χ3n) is 3.85. The highest BCUT2D eigenvalue weighted by Gasteiger charge is 2.30. The number of aliphatic carboxylic acids is 1. The molecule has 0 heterocycles. The van der Waals surface area contributed by atoms with Crippen LogP contribution in [0.3, 0.4) is 0 Å². The van der Waals surface area contributed by atoms with Gasteiger partial charge in [-0.25, -0.2) is 9.59 Å². The molecule has 7 heteroatoms. The van der Waals surface area contributed by atoms with Crippen LogP contribution < -0.4 is 0 Å². The highest BCUT2D eigenvalue weighted by Crippen LogP contribution is 2.10. The van der Waals surface area contributed by atoms with Gasteiger partial charge in [-0.2, -0.15) is 0 Å². The summed E-state index contributed by atoms with van der Waals surface area (Å²) in [6.07, 6.45) is -1.30. The van der Waals surface area contributed by atoms with Gasteiger partial charge in [0, 0.05) is 7.05 Å². The smallest absolute Gasteiger partial charge is 0.410 e. The molecule has 0 aliphatic heterocycles. The Morgan fingerprint density at radius 2 is 1.37 bits per heavy atom. The third kappa shape index (κ3) is 6.47. The average molecular weight is 371 g/mol. The Hall–Kier alpha value is -3.35. The van der Waals surface area contributed by atoms with Crippen molar-refractivity contribution in [2.75, 3.05) is 7.05 Å². The summed E-state index contributed by atoms with van der Waals surface area (Å²) in [5.41, 5.74) is 1.56. The SMILES string of the molecule is CN(C(=O)OCc1ccccc1)C(CC(=O)OCc1ccccc1)C(=O)O. The summed E-state index contributed by atoms with van der Waals surface area (Å²) in [5, 5.41) is 9.35. The van der Waals surface area contributed by atoms with Gasteiger partial charge < -0.3 is 14.6 Å². The number of amides is 1. The Labute approximate surface area is 157 Å². The molecule has 0 aliphatic carbocycles. The fraction of sp³-hybridized carbons (Fsp3) is 0.250. The van der Waals surface area contributed by atoms with Gasteiger partial charge in [0.05, 0.1) is 6.42 Å². The molecule has 2 rings (SSSR count). The van der Waals surface area contributed by atoms with E-state index in [0.717, 1.165) is 16.0 Å². The quantitative estimate of drug-likeness (QED) is 0.717. The van der Waals surface area contributed by atoms with Crippen molar-refractivity contribution in [1.29, 1.82) is 0 Å². The van der Waals surface area contributed by atoms with Crippen molar-refractivity contribution < 1.29 is 29.0 Å². The van der Waals surface area contributed by atoms with E-state index in [1.807, 2.05) is 12.1 Å². The van der Waals surface area contributed by atoms with Gasteiger partial charge >= 0.3 is 18.0 Å². The van der Waals surface area contributed by atoms with Crippen LogP contribution >= 0.6 is 0 Å². The molecular formula is C20H21NO6. The molecule has 142 valence electrons. The lowest BCUT2D eigenvalue weighted by atomic mass is 10.2. The molecule has 27 heavy (non-hydrogen) atoms.